The molecule has 5 nitrogen and oxygen atoms in total. The van der Waals surface area contributed by atoms with Gasteiger partial charge in [0.25, 0.3) is 0 Å². The first-order chi connectivity index (χ1) is 9.20. The number of fused-ring (bicyclic) bond motifs is 1. The third kappa shape index (κ3) is 1.77. The highest BCUT2D eigenvalue weighted by Gasteiger charge is 2.14. The highest BCUT2D eigenvalue weighted by atomic mass is 32.1. The van der Waals surface area contributed by atoms with Crippen LogP contribution in [-0.4, -0.2) is 14.4 Å². The second kappa shape index (κ2) is 4.23. The van der Waals surface area contributed by atoms with Crippen LogP contribution in [0, 0.1) is 16.1 Å². The van der Waals surface area contributed by atoms with Crippen LogP contribution < -0.4 is 5.69 Å². The molecule has 0 bridgehead atoms. The Hall–Kier alpha value is -2.65. The van der Waals surface area contributed by atoms with Crippen molar-refractivity contribution in [2.75, 3.05) is 0 Å². The number of benzene rings is 1. The second-order valence-electron chi connectivity index (χ2n) is 4.00. The van der Waals surface area contributed by atoms with Crippen molar-refractivity contribution >= 4 is 17.9 Å². The van der Waals surface area contributed by atoms with Gasteiger partial charge in [0.15, 0.2) is 4.77 Å². The van der Waals surface area contributed by atoms with Crippen molar-refractivity contribution in [2.24, 2.45) is 0 Å². The van der Waals surface area contributed by atoms with Gasteiger partial charge >= 0.3 is 5.69 Å². The van der Waals surface area contributed by atoms with E-state index in [0.717, 1.165) is 5.56 Å². The molecule has 0 radical (unpaired) electrons. The molecule has 0 saturated heterocycles. The Morgan fingerprint density at radius 2 is 1.95 bits per heavy atom. The second-order valence-corrected chi connectivity index (χ2v) is 4.41. The SMILES string of the molecule is N#Cc1c(-c2ccccc2)cn2c(=O)[nH]c(=S)[nH]c12. The maximum absolute atomic E-state index is 11.8. The van der Waals surface area contributed by atoms with Crippen LogP contribution in [-0.2, 0) is 0 Å². The Balaban J connectivity index is 2.46. The van der Waals surface area contributed by atoms with Crippen LogP contribution in [0.1, 0.15) is 5.56 Å². The Morgan fingerprint density at radius 3 is 2.63 bits per heavy atom. The molecule has 6 heteroatoms. The molecular formula is C13H8N4OS. The maximum atomic E-state index is 11.8. The van der Waals surface area contributed by atoms with E-state index >= 15 is 0 Å². The zero-order chi connectivity index (χ0) is 13.4. The van der Waals surface area contributed by atoms with Crippen molar-refractivity contribution in [3.63, 3.8) is 0 Å². The Bertz CT molecular complexity index is 912. The summed E-state index contributed by atoms with van der Waals surface area (Å²) in [7, 11) is 0. The van der Waals surface area contributed by atoms with Crippen LogP contribution in [0.4, 0.5) is 0 Å². The maximum Gasteiger partial charge on any atom is 0.333 e. The molecule has 3 aromatic rings. The van der Waals surface area contributed by atoms with E-state index in [1.54, 1.807) is 6.20 Å². The molecule has 0 unspecified atom stereocenters. The van der Waals surface area contributed by atoms with Gasteiger partial charge < -0.3 is 4.98 Å². The van der Waals surface area contributed by atoms with Crippen molar-refractivity contribution in [3.8, 4) is 17.2 Å². The van der Waals surface area contributed by atoms with Crippen LogP contribution in [0.25, 0.3) is 16.8 Å². The molecule has 0 amide bonds. The molecule has 92 valence electrons. The first kappa shape index (κ1) is 11.4. The summed E-state index contributed by atoms with van der Waals surface area (Å²) in [6.07, 6.45) is 1.63. The van der Waals surface area contributed by atoms with E-state index in [1.165, 1.54) is 4.40 Å². The van der Waals surface area contributed by atoms with Gasteiger partial charge in [-0.15, -0.1) is 0 Å². The normalized spacial score (nSPS) is 10.5. The molecule has 0 fully saturated rings. The van der Waals surface area contributed by atoms with Crippen LogP contribution in [0.5, 0.6) is 0 Å². The Labute approximate surface area is 112 Å². The minimum Gasteiger partial charge on any atom is -0.317 e. The predicted octanol–water partition coefficient (Wildman–Crippen LogP) is 2.22. The monoisotopic (exact) mass is 268 g/mol. The average molecular weight is 268 g/mol. The fourth-order valence-corrected chi connectivity index (χ4v) is 2.22. The van der Waals surface area contributed by atoms with Crippen molar-refractivity contribution < 1.29 is 0 Å². The first-order valence-electron chi connectivity index (χ1n) is 5.54. The fourth-order valence-electron chi connectivity index (χ4n) is 2.04. The number of nitrogens with one attached hydrogen (secondary N) is 2. The molecule has 0 aliphatic carbocycles. The third-order valence-electron chi connectivity index (χ3n) is 2.87. The van der Waals surface area contributed by atoms with Gasteiger partial charge in [0.05, 0.1) is 0 Å². The van der Waals surface area contributed by atoms with E-state index in [-0.39, 0.29) is 10.5 Å². The molecule has 2 aromatic heterocycles. The molecule has 2 heterocycles. The molecule has 19 heavy (non-hydrogen) atoms. The summed E-state index contributed by atoms with van der Waals surface area (Å²) in [6.45, 7) is 0. The summed E-state index contributed by atoms with van der Waals surface area (Å²) in [5, 5.41) is 9.32. The largest absolute Gasteiger partial charge is 0.333 e. The summed E-state index contributed by atoms with van der Waals surface area (Å²) in [4.78, 5) is 17.2. The number of rotatable bonds is 1. The van der Waals surface area contributed by atoms with Gasteiger partial charge in [0.1, 0.15) is 17.3 Å². The molecule has 0 saturated carbocycles. The summed E-state index contributed by atoms with van der Waals surface area (Å²) >= 11 is 4.93. The quantitative estimate of drug-likeness (QED) is 0.664. The number of hydrogen-bond acceptors (Lipinski definition) is 3. The van der Waals surface area contributed by atoms with Gasteiger partial charge in [0, 0.05) is 11.8 Å². The zero-order valence-corrected chi connectivity index (χ0v) is 10.5. The lowest BCUT2D eigenvalue weighted by atomic mass is 10.1. The summed E-state index contributed by atoms with van der Waals surface area (Å²) in [5.41, 5.74) is 2.03. The minimum absolute atomic E-state index is 0.201. The topological polar surface area (TPSA) is 76.8 Å². The van der Waals surface area contributed by atoms with Gasteiger partial charge in [-0.2, -0.15) is 5.26 Å². The highest BCUT2D eigenvalue weighted by molar-refractivity contribution is 7.71. The number of H-pyrrole nitrogens is 2. The molecule has 0 aliphatic rings. The predicted molar refractivity (Wildman–Crippen MR) is 73.4 cm³/mol. The van der Waals surface area contributed by atoms with Crippen molar-refractivity contribution in [1.29, 1.82) is 5.26 Å². The Morgan fingerprint density at radius 1 is 1.21 bits per heavy atom. The third-order valence-corrected chi connectivity index (χ3v) is 3.08. The van der Waals surface area contributed by atoms with Crippen molar-refractivity contribution in [2.45, 2.75) is 0 Å². The standard InChI is InChI=1S/C13H8N4OS/c14-6-9-10(8-4-2-1-3-5-8)7-17-11(9)15-12(19)16-13(17)18/h1-5,7H,(H2,15,16,18,19). The fraction of sp³-hybridized carbons (Fsp3) is 0. The summed E-state index contributed by atoms with van der Waals surface area (Å²) in [6, 6.07) is 11.5. The molecule has 0 atom stereocenters. The first-order valence-corrected chi connectivity index (χ1v) is 5.94. The summed E-state index contributed by atoms with van der Waals surface area (Å²) < 4.78 is 1.56. The number of aromatic amines is 2. The lowest BCUT2D eigenvalue weighted by molar-refractivity contribution is 0.941. The van der Waals surface area contributed by atoms with Crippen LogP contribution >= 0.6 is 12.2 Å². The van der Waals surface area contributed by atoms with E-state index in [9.17, 15) is 10.1 Å². The molecule has 0 aliphatic heterocycles. The lowest BCUT2D eigenvalue weighted by Crippen LogP contribution is -2.16. The number of nitrogens with zero attached hydrogens (tertiary/aromatic N) is 2. The van der Waals surface area contributed by atoms with E-state index in [1.807, 2.05) is 30.3 Å². The van der Waals surface area contributed by atoms with E-state index in [4.69, 9.17) is 12.2 Å². The lowest BCUT2D eigenvalue weighted by Gasteiger charge is -1.96. The number of nitriles is 1. The van der Waals surface area contributed by atoms with Gasteiger partial charge in [0.2, 0.25) is 0 Å². The van der Waals surface area contributed by atoms with E-state index < -0.39 is 0 Å². The molecule has 0 spiro atoms. The molecular weight excluding hydrogens is 260 g/mol. The molecule has 1 aromatic carbocycles. The van der Waals surface area contributed by atoms with Crippen molar-refractivity contribution in [1.82, 2.24) is 14.4 Å². The van der Waals surface area contributed by atoms with Gasteiger partial charge in [-0.05, 0) is 17.8 Å². The van der Waals surface area contributed by atoms with Crippen LogP contribution in [0.2, 0.25) is 0 Å². The highest BCUT2D eigenvalue weighted by Crippen LogP contribution is 2.26. The van der Waals surface area contributed by atoms with E-state index in [0.29, 0.717) is 16.8 Å². The van der Waals surface area contributed by atoms with Crippen LogP contribution in [0.3, 0.4) is 0 Å². The zero-order valence-electron chi connectivity index (χ0n) is 9.68. The van der Waals surface area contributed by atoms with Crippen molar-refractivity contribution in [3.05, 3.63) is 57.3 Å². The number of aromatic nitrogens is 3. The average Bonchev–Trinajstić information content (AvgIpc) is 2.78. The molecule has 2 N–H and O–H groups in total. The smallest absolute Gasteiger partial charge is 0.317 e. The Kier molecular flexibility index (Phi) is 2.54. The minimum atomic E-state index is -0.363. The molecule has 3 rings (SSSR count). The van der Waals surface area contributed by atoms with Gasteiger partial charge in [-0.25, -0.2) is 4.79 Å². The van der Waals surface area contributed by atoms with E-state index in [2.05, 4.69) is 16.0 Å². The van der Waals surface area contributed by atoms with Gasteiger partial charge in [-0.3, -0.25) is 9.38 Å². The summed E-state index contributed by atoms with van der Waals surface area (Å²) in [5.74, 6) is 0. The number of hydrogen-bond donors (Lipinski definition) is 2. The van der Waals surface area contributed by atoms with Crippen LogP contribution in [0.15, 0.2) is 41.3 Å². The van der Waals surface area contributed by atoms with Gasteiger partial charge in [-0.1, -0.05) is 30.3 Å².